The summed E-state index contributed by atoms with van der Waals surface area (Å²) in [5.41, 5.74) is 3.61. The molecule has 2 aromatic rings. The molecule has 0 spiro atoms. The van der Waals surface area contributed by atoms with E-state index in [-0.39, 0.29) is 11.3 Å². The van der Waals surface area contributed by atoms with Gasteiger partial charge in [-0.05, 0) is 66.9 Å². The largest absolute Gasteiger partial charge is 0.491 e. The summed E-state index contributed by atoms with van der Waals surface area (Å²) in [4.78, 5) is 0. The van der Waals surface area contributed by atoms with Crippen LogP contribution in [0.4, 0.5) is 8.78 Å². The maximum atomic E-state index is 14.4. The van der Waals surface area contributed by atoms with Gasteiger partial charge in [-0.25, -0.2) is 4.39 Å². The van der Waals surface area contributed by atoms with Crippen molar-refractivity contribution in [3.05, 3.63) is 59.7 Å². The van der Waals surface area contributed by atoms with E-state index in [2.05, 4.69) is 6.08 Å². The molecule has 1 fully saturated rings. The molecular formula is C22H22F2O. The number of halogens is 2. The van der Waals surface area contributed by atoms with Crippen LogP contribution in [0, 0.1) is 23.5 Å². The second-order valence-electron chi connectivity index (χ2n) is 6.94. The molecule has 0 saturated heterocycles. The third-order valence-electron chi connectivity index (χ3n) is 5.58. The lowest BCUT2D eigenvalue weighted by Crippen LogP contribution is -2.02. The van der Waals surface area contributed by atoms with Gasteiger partial charge in [0.15, 0.2) is 11.6 Å². The summed E-state index contributed by atoms with van der Waals surface area (Å²) in [7, 11) is 0. The number of allylic oxidation sites excluding steroid dienone is 2. The van der Waals surface area contributed by atoms with E-state index in [9.17, 15) is 8.78 Å². The zero-order chi connectivity index (χ0) is 17.4. The number of hydrogen-bond acceptors (Lipinski definition) is 1. The van der Waals surface area contributed by atoms with Gasteiger partial charge in [0.25, 0.3) is 0 Å². The van der Waals surface area contributed by atoms with Crippen molar-refractivity contribution < 1.29 is 13.5 Å². The molecule has 2 aliphatic rings. The van der Waals surface area contributed by atoms with Crippen LogP contribution in [-0.4, -0.2) is 6.61 Å². The Kier molecular flexibility index (Phi) is 4.32. The van der Waals surface area contributed by atoms with Crippen LogP contribution in [-0.2, 0) is 0 Å². The summed E-state index contributed by atoms with van der Waals surface area (Å²) < 4.78 is 33.6. The Hall–Kier alpha value is -2.16. The van der Waals surface area contributed by atoms with Gasteiger partial charge in [-0.2, -0.15) is 4.39 Å². The molecule has 130 valence electrons. The topological polar surface area (TPSA) is 9.23 Å². The predicted molar refractivity (Wildman–Crippen MR) is 96.4 cm³/mol. The normalized spacial score (nSPS) is 22.0. The van der Waals surface area contributed by atoms with Gasteiger partial charge in [-0.15, -0.1) is 0 Å². The molecule has 0 N–H and O–H groups in total. The molecule has 1 nitrogen and oxygen atoms in total. The zero-order valence-electron chi connectivity index (χ0n) is 14.4. The molecule has 0 heterocycles. The van der Waals surface area contributed by atoms with Crippen molar-refractivity contribution in [3.63, 3.8) is 0 Å². The van der Waals surface area contributed by atoms with E-state index < -0.39 is 11.6 Å². The van der Waals surface area contributed by atoms with Crippen LogP contribution in [0.25, 0.3) is 16.7 Å². The highest BCUT2D eigenvalue weighted by Crippen LogP contribution is 2.48. The van der Waals surface area contributed by atoms with Crippen LogP contribution < -0.4 is 4.74 Å². The first-order chi connectivity index (χ1) is 12.2. The number of fused-ring (bicyclic) bond motifs is 1. The second kappa shape index (κ2) is 6.62. The molecule has 2 unspecified atom stereocenters. The molecule has 0 aliphatic heterocycles. The molecule has 0 bridgehead atoms. The van der Waals surface area contributed by atoms with Gasteiger partial charge in [0.05, 0.1) is 6.61 Å². The van der Waals surface area contributed by atoms with Gasteiger partial charge in [0, 0.05) is 5.56 Å². The second-order valence-corrected chi connectivity index (χ2v) is 6.94. The molecule has 3 heteroatoms. The first-order valence-corrected chi connectivity index (χ1v) is 9.10. The maximum absolute atomic E-state index is 14.4. The summed E-state index contributed by atoms with van der Waals surface area (Å²) in [6.07, 6.45) is 7.47. The number of hydrogen-bond donors (Lipinski definition) is 0. The van der Waals surface area contributed by atoms with Gasteiger partial charge >= 0.3 is 0 Å². The first kappa shape index (κ1) is 16.3. The zero-order valence-corrected chi connectivity index (χ0v) is 14.4. The average Bonchev–Trinajstić information content (AvgIpc) is 3.23. The standard InChI is InChI=1S/C22H22F2O/c1-2-25-20-13-12-19(21(23)22(20)24)16-8-6-15(7-9-16)18-11-10-14-4-3-5-17(14)18/h6-9,11-14,17H,2-5,10H2,1H3. The Morgan fingerprint density at radius 3 is 2.48 bits per heavy atom. The monoisotopic (exact) mass is 340 g/mol. The maximum Gasteiger partial charge on any atom is 0.201 e. The van der Waals surface area contributed by atoms with Crippen LogP contribution in [0.15, 0.2) is 42.5 Å². The van der Waals surface area contributed by atoms with Crippen molar-refractivity contribution in [2.45, 2.75) is 32.6 Å². The minimum Gasteiger partial charge on any atom is -0.491 e. The van der Waals surface area contributed by atoms with E-state index in [1.165, 1.54) is 42.9 Å². The molecule has 25 heavy (non-hydrogen) atoms. The Morgan fingerprint density at radius 2 is 1.72 bits per heavy atom. The highest BCUT2D eigenvalue weighted by Gasteiger charge is 2.34. The molecule has 0 amide bonds. The van der Waals surface area contributed by atoms with Crippen molar-refractivity contribution in [2.24, 2.45) is 11.8 Å². The number of rotatable bonds is 4. The molecule has 0 aromatic heterocycles. The van der Waals surface area contributed by atoms with E-state index in [1.807, 2.05) is 24.3 Å². The SMILES string of the molecule is CCOc1ccc(-c2ccc(C3=CCC4CCCC34)cc2)c(F)c1F. The molecule has 2 atom stereocenters. The highest BCUT2D eigenvalue weighted by molar-refractivity contribution is 5.73. The van der Waals surface area contributed by atoms with Crippen molar-refractivity contribution in [1.29, 1.82) is 0 Å². The summed E-state index contributed by atoms with van der Waals surface area (Å²) in [5.74, 6) is -0.313. The lowest BCUT2D eigenvalue weighted by molar-refractivity contribution is 0.314. The third kappa shape index (κ3) is 2.86. The van der Waals surface area contributed by atoms with E-state index in [4.69, 9.17) is 4.74 Å². The first-order valence-electron chi connectivity index (χ1n) is 9.10. The van der Waals surface area contributed by atoms with Crippen molar-refractivity contribution >= 4 is 5.57 Å². The fraction of sp³-hybridized carbons (Fsp3) is 0.364. The fourth-order valence-corrected chi connectivity index (χ4v) is 4.35. The predicted octanol–water partition coefficient (Wildman–Crippen LogP) is 6.23. The minimum absolute atomic E-state index is 0.0382. The smallest absolute Gasteiger partial charge is 0.201 e. The Labute approximate surface area is 147 Å². The van der Waals surface area contributed by atoms with E-state index in [0.29, 0.717) is 18.1 Å². The number of ether oxygens (including phenoxy) is 1. The van der Waals surface area contributed by atoms with Crippen molar-refractivity contribution in [1.82, 2.24) is 0 Å². The van der Waals surface area contributed by atoms with Crippen LogP contribution in [0.1, 0.15) is 38.2 Å². The molecule has 4 rings (SSSR count). The van der Waals surface area contributed by atoms with Gasteiger partial charge in [-0.1, -0.05) is 36.8 Å². The van der Waals surface area contributed by atoms with Crippen LogP contribution in [0.5, 0.6) is 5.75 Å². The van der Waals surface area contributed by atoms with Crippen LogP contribution in [0.3, 0.4) is 0 Å². The van der Waals surface area contributed by atoms with Crippen molar-refractivity contribution in [2.75, 3.05) is 6.61 Å². The Balaban J connectivity index is 1.62. The fourth-order valence-electron chi connectivity index (χ4n) is 4.35. The van der Waals surface area contributed by atoms with Gasteiger partial charge < -0.3 is 4.74 Å². The molecule has 2 aromatic carbocycles. The lowest BCUT2D eigenvalue weighted by Gasteiger charge is -2.15. The lowest BCUT2D eigenvalue weighted by atomic mass is 9.90. The van der Waals surface area contributed by atoms with Crippen LogP contribution in [0.2, 0.25) is 0 Å². The minimum atomic E-state index is -0.921. The average molecular weight is 340 g/mol. The van der Waals surface area contributed by atoms with E-state index >= 15 is 0 Å². The van der Waals surface area contributed by atoms with Gasteiger partial charge in [-0.3, -0.25) is 0 Å². The van der Waals surface area contributed by atoms with Crippen molar-refractivity contribution in [3.8, 4) is 16.9 Å². The Morgan fingerprint density at radius 1 is 0.960 bits per heavy atom. The summed E-state index contributed by atoms with van der Waals surface area (Å²) in [5, 5.41) is 0. The summed E-state index contributed by atoms with van der Waals surface area (Å²) >= 11 is 0. The molecule has 2 aliphatic carbocycles. The summed E-state index contributed by atoms with van der Waals surface area (Å²) in [6.45, 7) is 2.05. The van der Waals surface area contributed by atoms with Gasteiger partial charge in [0.2, 0.25) is 5.82 Å². The molecule has 1 saturated carbocycles. The van der Waals surface area contributed by atoms with Gasteiger partial charge in [0.1, 0.15) is 0 Å². The molecular weight excluding hydrogens is 318 g/mol. The van der Waals surface area contributed by atoms with Crippen LogP contribution >= 0.6 is 0 Å². The summed E-state index contributed by atoms with van der Waals surface area (Å²) in [6, 6.07) is 10.9. The molecule has 0 radical (unpaired) electrons. The van der Waals surface area contributed by atoms with E-state index in [0.717, 1.165) is 5.92 Å². The third-order valence-corrected chi connectivity index (χ3v) is 5.58. The quantitative estimate of drug-likeness (QED) is 0.640. The number of benzene rings is 2. The Bertz CT molecular complexity index is 808. The highest BCUT2D eigenvalue weighted by atomic mass is 19.2. The van der Waals surface area contributed by atoms with E-state index in [1.54, 1.807) is 13.0 Å².